The van der Waals surface area contributed by atoms with Gasteiger partial charge in [-0.15, -0.1) is 21.5 Å². The van der Waals surface area contributed by atoms with Crippen molar-refractivity contribution >= 4 is 34.6 Å². The van der Waals surface area contributed by atoms with Gasteiger partial charge in [0.1, 0.15) is 23.0 Å². The Morgan fingerprint density at radius 3 is 2.56 bits per heavy atom. The van der Waals surface area contributed by atoms with Crippen molar-refractivity contribution in [2.75, 3.05) is 0 Å². The summed E-state index contributed by atoms with van der Waals surface area (Å²) >= 11 is 7.84. The zero-order chi connectivity index (χ0) is 24.0. The molecular weight excluding hydrogens is 472 g/mol. The van der Waals surface area contributed by atoms with Crippen LogP contribution in [0.2, 0.25) is 5.02 Å². The van der Waals surface area contributed by atoms with Crippen molar-refractivity contribution in [1.82, 2.24) is 14.8 Å². The van der Waals surface area contributed by atoms with E-state index in [-0.39, 0.29) is 24.6 Å². The number of hydrogen-bond donors (Lipinski definition) is 1. The Morgan fingerprint density at radius 2 is 1.85 bits per heavy atom. The summed E-state index contributed by atoms with van der Waals surface area (Å²) in [5, 5.41) is 20.2. The van der Waals surface area contributed by atoms with Crippen molar-refractivity contribution in [3.63, 3.8) is 0 Å². The normalized spacial score (nSPS) is 21.9. The molecule has 0 unspecified atom stereocenters. The Labute approximate surface area is 207 Å². The van der Waals surface area contributed by atoms with E-state index in [0.717, 1.165) is 33.2 Å². The van der Waals surface area contributed by atoms with Gasteiger partial charge in [-0.3, -0.25) is 14.4 Å². The van der Waals surface area contributed by atoms with Crippen LogP contribution < -0.4 is 0 Å². The van der Waals surface area contributed by atoms with Crippen LogP contribution in [0.25, 0.3) is 5.00 Å². The molecule has 1 N–H and O–H groups in total. The molecule has 7 nitrogen and oxygen atoms in total. The molecule has 0 spiro atoms. The topological polar surface area (TPSA) is 89.6 Å². The summed E-state index contributed by atoms with van der Waals surface area (Å²) < 4.78 is 7.80. The maximum atomic E-state index is 13.0. The van der Waals surface area contributed by atoms with Crippen LogP contribution in [-0.4, -0.2) is 43.8 Å². The van der Waals surface area contributed by atoms with Crippen LogP contribution >= 0.6 is 22.9 Å². The highest BCUT2D eigenvalue weighted by molar-refractivity contribution is 7.15. The summed E-state index contributed by atoms with van der Waals surface area (Å²) in [6.07, 6.45) is 2.30. The van der Waals surface area contributed by atoms with Crippen LogP contribution in [0, 0.1) is 20.8 Å². The standard InChI is InChI=1S/C25H27ClN4O3S/c1-13-14(2)34-25-22(13)23(16-4-6-17(26)7-5-16)27-20(24-29-28-15(3)30(24)25)12-21(32)33-19-10-8-18(31)9-11-19/h4-7,18-20,31H,8-12H2,1-3H3/t18?,19?,20-/m1/s1. The first kappa shape index (κ1) is 23.2. The molecule has 3 aromatic rings. The molecule has 34 heavy (non-hydrogen) atoms. The Bertz CT molecular complexity index is 1260. The summed E-state index contributed by atoms with van der Waals surface area (Å²) in [7, 11) is 0. The van der Waals surface area contributed by atoms with Crippen molar-refractivity contribution in [1.29, 1.82) is 0 Å². The molecule has 1 saturated carbocycles. The average molecular weight is 499 g/mol. The number of carbonyl (C=O) groups excluding carboxylic acids is 1. The second-order valence-corrected chi connectivity index (χ2v) is 10.7. The molecule has 0 amide bonds. The summed E-state index contributed by atoms with van der Waals surface area (Å²) in [5.41, 5.74) is 3.93. The number of fused-ring (bicyclic) bond motifs is 3. The molecule has 1 aliphatic carbocycles. The quantitative estimate of drug-likeness (QED) is 0.509. The maximum absolute atomic E-state index is 13.0. The minimum Gasteiger partial charge on any atom is -0.462 e. The van der Waals surface area contributed by atoms with Gasteiger partial charge in [0.15, 0.2) is 5.82 Å². The second-order valence-electron chi connectivity index (χ2n) is 9.03. The van der Waals surface area contributed by atoms with E-state index in [1.807, 2.05) is 35.8 Å². The number of aryl methyl sites for hydroxylation is 2. The zero-order valence-electron chi connectivity index (χ0n) is 19.4. The van der Waals surface area contributed by atoms with Gasteiger partial charge < -0.3 is 9.84 Å². The van der Waals surface area contributed by atoms with Crippen molar-refractivity contribution < 1.29 is 14.6 Å². The SMILES string of the molecule is Cc1sc2c(c1C)C(c1ccc(Cl)cc1)=N[C@H](CC(=O)OC1CCC(O)CC1)c1nnc(C)n1-2. The summed E-state index contributed by atoms with van der Waals surface area (Å²) in [5.74, 6) is 1.08. The van der Waals surface area contributed by atoms with E-state index >= 15 is 0 Å². The lowest BCUT2D eigenvalue weighted by molar-refractivity contribution is -0.152. The molecule has 0 bridgehead atoms. The average Bonchev–Trinajstić information content (AvgIpc) is 3.28. The number of aliphatic imine (C=N–C) groups is 1. The van der Waals surface area contributed by atoms with Gasteiger partial charge in [0.25, 0.3) is 0 Å². The smallest absolute Gasteiger partial charge is 0.308 e. The molecule has 1 atom stereocenters. The fourth-order valence-corrected chi connectivity index (χ4v) is 6.03. The van der Waals surface area contributed by atoms with Gasteiger partial charge in [0.05, 0.1) is 18.2 Å². The molecule has 2 aliphatic rings. The molecule has 1 fully saturated rings. The molecular formula is C25H27ClN4O3S. The number of esters is 1. The predicted molar refractivity (Wildman–Crippen MR) is 132 cm³/mol. The molecule has 2 aromatic heterocycles. The number of aromatic nitrogens is 3. The summed E-state index contributed by atoms with van der Waals surface area (Å²) in [6, 6.07) is 7.08. The van der Waals surface area contributed by atoms with E-state index in [1.165, 1.54) is 4.88 Å². The van der Waals surface area contributed by atoms with Crippen LogP contribution in [0.15, 0.2) is 29.3 Å². The van der Waals surface area contributed by atoms with Gasteiger partial charge in [0.2, 0.25) is 0 Å². The number of aliphatic hydroxyl groups excluding tert-OH is 1. The molecule has 3 heterocycles. The number of halogens is 1. The van der Waals surface area contributed by atoms with Crippen molar-refractivity contribution in [3.05, 3.63) is 62.5 Å². The van der Waals surface area contributed by atoms with Crippen LogP contribution in [-0.2, 0) is 9.53 Å². The summed E-state index contributed by atoms with van der Waals surface area (Å²) in [4.78, 5) is 19.3. The van der Waals surface area contributed by atoms with Crippen LogP contribution in [0.5, 0.6) is 0 Å². The van der Waals surface area contributed by atoms with Crippen LogP contribution in [0.4, 0.5) is 0 Å². The number of ether oxygens (including phenoxy) is 1. The maximum Gasteiger partial charge on any atom is 0.308 e. The first-order valence-electron chi connectivity index (χ1n) is 11.6. The predicted octanol–water partition coefficient (Wildman–Crippen LogP) is 5.04. The number of benzene rings is 1. The Kier molecular flexibility index (Phi) is 6.31. The number of aliphatic hydroxyl groups is 1. The fourth-order valence-electron chi connectivity index (χ4n) is 4.69. The van der Waals surface area contributed by atoms with Gasteiger partial charge in [-0.1, -0.05) is 23.7 Å². The van der Waals surface area contributed by atoms with E-state index in [0.29, 0.717) is 36.5 Å². The largest absolute Gasteiger partial charge is 0.462 e. The Morgan fingerprint density at radius 1 is 1.15 bits per heavy atom. The Hall–Kier alpha value is -2.55. The molecule has 0 saturated heterocycles. The van der Waals surface area contributed by atoms with Crippen LogP contribution in [0.3, 0.4) is 0 Å². The highest BCUT2D eigenvalue weighted by atomic mass is 35.5. The van der Waals surface area contributed by atoms with Gasteiger partial charge in [-0.25, -0.2) is 0 Å². The lowest BCUT2D eigenvalue weighted by Crippen LogP contribution is -2.27. The number of rotatable bonds is 4. The molecule has 178 valence electrons. The van der Waals surface area contributed by atoms with Gasteiger partial charge in [0, 0.05) is 21.0 Å². The van der Waals surface area contributed by atoms with E-state index in [1.54, 1.807) is 11.3 Å². The number of hydrogen-bond acceptors (Lipinski definition) is 7. The van der Waals surface area contributed by atoms with E-state index in [9.17, 15) is 9.90 Å². The van der Waals surface area contributed by atoms with E-state index in [2.05, 4.69) is 24.0 Å². The van der Waals surface area contributed by atoms with E-state index < -0.39 is 6.04 Å². The fraction of sp³-hybridized carbons (Fsp3) is 0.440. The second kappa shape index (κ2) is 9.24. The molecule has 9 heteroatoms. The lowest BCUT2D eigenvalue weighted by Gasteiger charge is -2.25. The van der Waals surface area contributed by atoms with E-state index in [4.69, 9.17) is 21.3 Å². The van der Waals surface area contributed by atoms with Gasteiger partial charge >= 0.3 is 5.97 Å². The number of thiophene rings is 1. The van der Waals surface area contributed by atoms with Gasteiger partial charge in [-0.05, 0) is 64.2 Å². The monoisotopic (exact) mass is 498 g/mol. The van der Waals surface area contributed by atoms with Crippen molar-refractivity contribution in [3.8, 4) is 5.00 Å². The number of nitrogens with zero attached hydrogens (tertiary/aromatic N) is 4. The zero-order valence-corrected chi connectivity index (χ0v) is 21.0. The number of carbonyl (C=O) groups is 1. The minimum atomic E-state index is -0.534. The third-order valence-electron chi connectivity index (χ3n) is 6.66. The van der Waals surface area contributed by atoms with Gasteiger partial charge in [-0.2, -0.15) is 0 Å². The molecule has 5 rings (SSSR count). The highest BCUT2D eigenvalue weighted by Gasteiger charge is 2.33. The third-order valence-corrected chi connectivity index (χ3v) is 8.10. The molecule has 1 aliphatic heterocycles. The van der Waals surface area contributed by atoms with Crippen molar-refractivity contribution in [2.24, 2.45) is 4.99 Å². The summed E-state index contributed by atoms with van der Waals surface area (Å²) in [6.45, 7) is 6.12. The highest BCUT2D eigenvalue weighted by Crippen LogP contribution is 2.39. The minimum absolute atomic E-state index is 0.0707. The molecule has 0 radical (unpaired) electrons. The first-order chi connectivity index (χ1) is 16.3. The first-order valence-corrected chi connectivity index (χ1v) is 12.7. The molecule has 1 aromatic carbocycles. The van der Waals surface area contributed by atoms with Crippen LogP contribution in [0.1, 0.15) is 71.4 Å². The third kappa shape index (κ3) is 4.30. The lowest BCUT2D eigenvalue weighted by atomic mass is 9.95. The Balaban J connectivity index is 1.55. The van der Waals surface area contributed by atoms with Crippen molar-refractivity contribution in [2.45, 2.75) is 71.1 Å².